The van der Waals surface area contributed by atoms with Gasteiger partial charge in [0.1, 0.15) is 5.76 Å². The van der Waals surface area contributed by atoms with Gasteiger partial charge in [0.15, 0.2) is 11.6 Å². The number of rotatable bonds is 4. The van der Waals surface area contributed by atoms with E-state index < -0.39 is 0 Å². The Morgan fingerprint density at radius 1 is 0.533 bits per heavy atom. The fourth-order valence-electron chi connectivity index (χ4n) is 6.91. The van der Waals surface area contributed by atoms with Crippen LogP contribution in [0.3, 0.4) is 0 Å². The van der Waals surface area contributed by atoms with E-state index in [2.05, 4.69) is 73.0 Å². The predicted molar refractivity (Wildman–Crippen MR) is 180 cm³/mol. The molecule has 214 valence electrons. The maximum Gasteiger partial charge on any atom is 0.238 e. The minimum absolute atomic E-state index is 0.216. The summed E-state index contributed by atoms with van der Waals surface area (Å²) in [6.07, 6.45) is 1.73. The van der Waals surface area contributed by atoms with Gasteiger partial charge in [0.25, 0.3) is 0 Å². The number of benzene rings is 5. The molecular weight excluding hydrogens is 552 g/mol. The first-order valence-corrected chi connectivity index (χ1v) is 15.2. The number of hydrogen-bond acceptors (Lipinski definition) is 4. The number of fused-ring (bicyclic) bond motifs is 6. The van der Waals surface area contributed by atoms with Gasteiger partial charge in [-0.2, -0.15) is 9.97 Å². The van der Waals surface area contributed by atoms with Crippen LogP contribution in [0.2, 0.25) is 0 Å². The molecule has 1 aliphatic rings. The first-order valence-electron chi connectivity index (χ1n) is 15.2. The maximum atomic E-state index is 5.75. The predicted octanol–water partition coefficient (Wildman–Crippen LogP) is 9.87. The van der Waals surface area contributed by atoms with Crippen LogP contribution in [0.4, 0.5) is 0 Å². The summed E-state index contributed by atoms with van der Waals surface area (Å²) in [6, 6.07) is 44.2. The average Bonchev–Trinajstić information content (AvgIpc) is 3.79. The molecule has 3 aromatic heterocycles. The van der Waals surface area contributed by atoms with E-state index in [1.807, 2.05) is 72.8 Å². The standard InChI is InChI=1S/C40H28N4O/c1-40(2)32-22-27(36-18-11-21-45-36)19-20-28(32)30-23-31-29-16-9-10-17-34(29)44(35(31)24-33(30)40)39-42-37(25-12-5-3-6-13-25)41-38(43-39)26-14-7-4-8-15-26/h3-24H,1-2H3. The second kappa shape index (κ2) is 9.60. The molecule has 0 N–H and O–H groups in total. The van der Waals surface area contributed by atoms with Crippen molar-refractivity contribution in [2.24, 2.45) is 0 Å². The molecule has 0 spiro atoms. The molecule has 0 saturated heterocycles. The summed E-state index contributed by atoms with van der Waals surface area (Å²) in [5, 5.41) is 2.34. The molecule has 0 unspecified atom stereocenters. The summed E-state index contributed by atoms with van der Waals surface area (Å²) in [4.78, 5) is 15.2. The third-order valence-corrected chi connectivity index (χ3v) is 9.16. The van der Waals surface area contributed by atoms with E-state index in [4.69, 9.17) is 19.4 Å². The van der Waals surface area contributed by atoms with E-state index in [1.54, 1.807) is 6.26 Å². The van der Waals surface area contributed by atoms with Gasteiger partial charge in [0.05, 0.1) is 17.3 Å². The Morgan fingerprint density at radius 2 is 1.20 bits per heavy atom. The van der Waals surface area contributed by atoms with Gasteiger partial charge >= 0.3 is 0 Å². The Kier molecular flexibility index (Phi) is 5.47. The van der Waals surface area contributed by atoms with E-state index in [9.17, 15) is 0 Å². The maximum absolute atomic E-state index is 5.75. The van der Waals surface area contributed by atoms with E-state index in [-0.39, 0.29) is 5.41 Å². The number of nitrogens with zero attached hydrogens (tertiary/aromatic N) is 4. The highest BCUT2D eigenvalue weighted by Gasteiger charge is 2.37. The van der Waals surface area contributed by atoms with Crippen molar-refractivity contribution in [3.05, 3.63) is 145 Å². The lowest BCUT2D eigenvalue weighted by Gasteiger charge is -2.22. The van der Waals surface area contributed by atoms with Crippen molar-refractivity contribution >= 4 is 21.8 Å². The molecule has 5 nitrogen and oxygen atoms in total. The highest BCUT2D eigenvalue weighted by Crippen LogP contribution is 2.52. The summed E-state index contributed by atoms with van der Waals surface area (Å²) < 4.78 is 7.96. The molecule has 0 atom stereocenters. The smallest absolute Gasteiger partial charge is 0.238 e. The largest absolute Gasteiger partial charge is 0.464 e. The van der Waals surface area contributed by atoms with Crippen LogP contribution in [0.25, 0.3) is 73.0 Å². The molecular formula is C40H28N4O. The number of hydrogen-bond donors (Lipinski definition) is 0. The van der Waals surface area contributed by atoms with E-state index in [0.717, 1.165) is 38.9 Å². The third-order valence-electron chi connectivity index (χ3n) is 9.16. The molecule has 8 aromatic rings. The Morgan fingerprint density at radius 3 is 1.89 bits per heavy atom. The quantitative estimate of drug-likeness (QED) is 0.208. The van der Waals surface area contributed by atoms with Crippen molar-refractivity contribution in [1.82, 2.24) is 19.5 Å². The van der Waals surface area contributed by atoms with Gasteiger partial charge in [-0.05, 0) is 58.7 Å². The molecule has 1 aliphatic carbocycles. The molecule has 0 radical (unpaired) electrons. The molecule has 0 saturated carbocycles. The van der Waals surface area contributed by atoms with Crippen molar-refractivity contribution in [3.8, 4) is 51.2 Å². The molecule has 0 aliphatic heterocycles. The van der Waals surface area contributed by atoms with Crippen LogP contribution in [-0.2, 0) is 5.41 Å². The van der Waals surface area contributed by atoms with Crippen molar-refractivity contribution in [1.29, 1.82) is 0 Å². The van der Waals surface area contributed by atoms with Crippen LogP contribution in [0, 0.1) is 0 Å². The minimum atomic E-state index is -0.216. The van der Waals surface area contributed by atoms with Gasteiger partial charge in [-0.25, -0.2) is 4.98 Å². The second-order valence-corrected chi connectivity index (χ2v) is 12.1. The van der Waals surface area contributed by atoms with Gasteiger partial charge in [-0.15, -0.1) is 0 Å². The normalized spacial score (nSPS) is 13.3. The molecule has 45 heavy (non-hydrogen) atoms. The lowest BCUT2D eigenvalue weighted by molar-refractivity contribution is 0.582. The Balaban J connectivity index is 1.31. The molecule has 5 heteroatoms. The highest BCUT2D eigenvalue weighted by molar-refractivity contribution is 6.11. The SMILES string of the molecule is CC1(C)c2cc(-c3ccco3)ccc2-c2cc3c4ccccc4n(-c4nc(-c5ccccc5)nc(-c5ccccc5)n4)c3cc21. The second-order valence-electron chi connectivity index (χ2n) is 12.1. The van der Waals surface area contributed by atoms with Gasteiger partial charge in [-0.1, -0.05) is 105 Å². The molecule has 9 rings (SSSR count). The number of para-hydroxylation sites is 1. The van der Waals surface area contributed by atoms with E-state index in [0.29, 0.717) is 17.6 Å². The fourth-order valence-corrected chi connectivity index (χ4v) is 6.91. The van der Waals surface area contributed by atoms with Crippen LogP contribution >= 0.6 is 0 Å². The molecule has 3 heterocycles. The Labute approximate surface area is 260 Å². The van der Waals surface area contributed by atoms with Crippen molar-refractivity contribution in [2.75, 3.05) is 0 Å². The average molecular weight is 581 g/mol. The fraction of sp³-hybridized carbons (Fsp3) is 0.0750. The summed E-state index contributed by atoms with van der Waals surface area (Å²) in [7, 11) is 0. The molecule has 0 bridgehead atoms. The third kappa shape index (κ3) is 3.90. The van der Waals surface area contributed by atoms with E-state index >= 15 is 0 Å². The lowest BCUT2D eigenvalue weighted by atomic mass is 9.81. The van der Waals surface area contributed by atoms with Crippen LogP contribution in [-0.4, -0.2) is 19.5 Å². The number of furan rings is 1. The summed E-state index contributed by atoms with van der Waals surface area (Å²) in [5.41, 5.74) is 10.0. The highest BCUT2D eigenvalue weighted by atomic mass is 16.3. The van der Waals surface area contributed by atoms with Gasteiger partial charge < -0.3 is 4.42 Å². The topological polar surface area (TPSA) is 56.7 Å². The zero-order valence-corrected chi connectivity index (χ0v) is 24.9. The monoisotopic (exact) mass is 580 g/mol. The Bertz CT molecular complexity index is 2330. The minimum Gasteiger partial charge on any atom is -0.464 e. The summed E-state index contributed by atoms with van der Waals surface area (Å²) in [5.74, 6) is 2.77. The van der Waals surface area contributed by atoms with Crippen molar-refractivity contribution in [2.45, 2.75) is 19.3 Å². The Hall–Kier alpha value is -5.81. The van der Waals surface area contributed by atoms with Crippen LogP contribution in [0.1, 0.15) is 25.0 Å². The van der Waals surface area contributed by atoms with Crippen LogP contribution in [0.15, 0.2) is 138 Å². The van der Waals surface area contributed by atoms with Gasteiger partial charge in [-0.3, -0.25) is 4.57 Å². The lowest BCUT2D eigenvalue weighted by Crippen LogP contribution is -2.15. The van der Waals surface area contributed by atoms with Gasteiger partial charge in [0, 0.05) is 32.9 Å². The molecule has 0 amide bonds. The summed E-state index contributed by atoms with van der Waals surface area (Å²) >= 11 is 0. The van der Waals surface area contributed by atoms with Gasteiger partial charge in [0.2, 0.25) is 5.95 Å². The van der Waals surface area contributed by atoms with Crippen molar-refractivity contribution < 1.29 is 4.42 Å². The first kappa shape index (κ1) is 25.7. The zero-order valence-electron chi connectivity index (χ0n) is 24.9. The van der Waals surface area contributed by atoms with Crippen LogP contribution in [0.5, 0.6) is 0 Å². The first-order chi connectivity index (χ1) is 22.1. The van der Waals surface area contributed by atoms with E-state index in [1.165, 1.54) is 27.6 Å². The molecule has 5 aromatic carbocycles. The summed E-state index contributed by atoms with van der Waals surface area (Å²) in [6.45, 7) is 4.62. The number of aromatic nitrogens is 4. The van der Waals surface area contributed by atoms with Crippen molar-refractivity contribution in [3.63, 3.8) is 0 Å². The van der Waals surface area contributed by atoms with Crippen LogP contribution < -0.4 is 0 Å². The molecule has 0 fully saturated rings. The zero-order chi connectivity index (χ0) is 30.1.